The van der Waals surface area contributed by atoms with E-state index in [0.29, 0.717) is 0 Å². The zero-order valence-electron chi connectivity index (χ0n) is 12.7. The Morgan fingerprint density at radius 2 is 2.00 bits per heavy atom. The van der Waals surface area contributed by atoms with Crippen molar-refractivity contribution >= 4 is 23.3 Å². The molecule has 0 atom stereocenters. The van der Waals surface area contributed by atoms with E-state index in [0.717, 1.165) is 16.7 Å². The summed E-state index contributed by atoms with van der Waals surface area (Å²) in [4.78, 5) is 5.65. The topological polar surface area (TPSA) is 37.8 Å². The number of hydrogen-bond acceptors (Lipinski definition) is 5. The molecule has 1 aromatic carbocycles. The highest BCUT2D eigenvalue weighted by Crippen LogP contribution is 2.31. The summed E-state index contributed by atoms with van der Waals surface area (Å²) in [6.45, 7) is 11.5. The third kappa shape index (κ3) is 4.58. The fraction of sp³-hybridized carbons (Fsp3) is 0.467. The average Bonchev–Trinajstić information content (AvgIpc) is 2.74. The van der Waals surface area contributed by atoms with Gasteiger partial charge in [-0.05, 0) is 63.3 Å². The van der Waals surface area contributed by atoms with Crippen molar-refractivity contribution in [3.63, 3.8) is 0 Å². The Balaban J connectivity index is 2.06. The molecule has 108 valence electrons. The molecule has 0 saturated carbocycles. The Bertz CT molecular complexity index is 585. The maximum absolute atomic E-state index is 4.40. The highest BCUT2D eigenvalue weighted by atomic mass is 32.2. The van der Waals surface area contributed by atoms with Crippen LogP contribution in [0.5, 0.6) is 0 Å². The van der Waals surface area contributed by atoms with Crippen LogP contribution in [0.15, 0.2) is 27.4 Å². The van der Waals surface area contributed by atoms with Crippen LogP contribution in [0.2, 0.25) is 0 Å². The summed E-state index contributed by atoms with van der Waals surface area (Å²) in [5.41, 5.74) is 2.75. The van der Waals surface area contributed by atoms with Crippen LogP contribution in [0.3, 0.4) is 0 Å². The number of aryl methyl sites for hydroxylation is 2. The van der Waals surface area contributed by atoms with Crippen LogP contribution in [0.4, 0.5) is 0 Å². The van der Waals surface area contributed by atoms with Crippen molar-refractivity contribution in [3.8, 4) is 0 Å². The molecule has 0 aliphatic carbocycles. The summed E-state index contributed by atoms with van der Waals surface area (Å²) in [6, 6.07) is 6.60. The number of nitrogens with zero attached hydrogens (tertiary/aromatic N) is 2. The van der Waals surface area contributed by atoms with Crippen molar-refractivity contribution in [3.05, 3.63) is 35.2 Å². The van der Waals surface area contributed by atoms with E-state index in [-0.39, 0.29) is 5.54 Å². The predicted octanol–water partition coefficient (Wildman–Crippen LogP) is 4.19. The second kappa shape index (κ2) is 6.24. The molecule has 2 rings (SSSR count). The molecule has 0 aliphatic rings. The van der Waals surface area contributed by atoms with Gasteiger partial charge in [0.15, 0.2) is 4.34 Å². The van der Waals surface area contributed by atoms with Gasteiger partial charge in [-0.3, -0.25) is 0 Å². The molecule has 20 heavy (non-hydrogen) atoms. The Morgan fingerprint density at radius 3 is 2.55 bits per heavy atom. The molecule has 0 radical (unpaired) electrons. The standard InChI is InChI=1S/C15H21N3S2/c1-10-8-12(9-16-15(3,4)5)6-7-13(10)19-14-17-11(2)18-20-14/h6-8,16H,9H2,1-5H3. The molecule has 1 N–H and O–H groups in total. The first-order chi connectivity index (χ1) is 9.33. The molecule has 0 unspecified atom stereocenters. The Kier molecular flexibility index (Phi) is 4.83. The number of rotatable bonds is 4. The monoisotopic (exact) mass is 307 g/mol. The summed E-state index contributed by atoms with van der Waals surface area (Å²) in [7, 11) is 0. The van der Waals surface area contributed by atoms with Gasteiger partial charge in [-0.25, -0.2) is 4.98 Å². The van der Waals surface area contributed by atoms with Crippen LogP contribution in [-0.4, -0.2) is 14.9 Å². The normalized spacial score (nSPS) is 11.8. The van der Waals surface area contributed by atoms with E-state index in [1.54, 1.807) is 11.8 Å². The van der Waals surface area contributed by atoms with E-state index in [1.807, 2.05) is 6.92 Å². The van der Waals surface area contributed by atoms with Crippen LogP contribution in [0.25, 0.3) is 0 Å². The van der Waals surface area contributed by atoms with E-state index in [2.05, 4.69) is 60.6 Å². The lowest BCUT2D eigenvalue weighted by molar-refractivity contribution is 0.424. The molecule has 0 bridgehead atoms. The minimum Gasteiger partial charge on any atom is -0.308 e. The van der Waals surface area contributed by atoms with Crippen molar-refractivity contribution in [1.29, 1.82) is 0 Å². The lowest BCUT2D eigenvalue weighted by Crippen LogP contribution is -2.35. The molecule has 0 amide bonds. The molecule has 1 heterocycles. The van der Waals surface area contributed by atoms with Gasteiger partial charge < -0.3 is 5.32 Å². The Labute approximate surface area is 129 Å². The van der Waals surface area contributed by atoms with E-state index in [1.165, 1.54) is 27.6 Å². The third-order valence-electron chi connectivity index (χ3n) is 2.77. The second-order valence-electron chi connectivity index (χ2n) is 5.91. The smallest absolute Gasteiger partial charge is 0.174 e. The van der Waals surface area contributed by atoms with Crippen molar-refractivity contribution in [2.24, 2.45) is 0 Å². The molecule has 2 aromatic rings. The minimum absolute atomic E-state index is 0.144. The third-order valence-corrected chi connectivity index (χ3v) is 4.79. The second-order valence-corrected chi connectivity index (χ2v) is 7.95. The fourth-order valence-electron chi connectivity index (χ4n) is 1.72. The summed E-state index contributed by atoms with van der Waals surface area (Å²) in [5.74, 6) is 0.848. The number of benzene rings is 1. The number of aromatic nitrogens is 2. The first kappa shape index (κ1) is 15.5. The lowest BCUT2D eigenvalue weighted by atomic mass is 10.1. The van der Waals surface area contributed by atoms with Gasteiger partial charge in [0.2, 0.25) is 0 Å². The summed E-state index contributed by atoms with van der Waals surface area (Å²) < 4.78 is 5.22. The average molecular weight is 307 g/mol. The van der Waals surface area contributed by atoms with E-state index >= 15 is 0 Å². The van der Waals surface area contributed by atoms with Gasteiger partial charge in [0.05, 0.1) is 0 Å². The maximum atomic E-state index is 4.40. The Hall–Kier alpha value is -0.910. The molecular formula is C15H21N3S2. The van der Waals surface area contributed by atoms with Crippen LogP contribution < -0.4 is 5.32 Å². The first-order valence-electron chi connectivity index (χ1n) is 6.66. The maximum Gasteiger partial charge on any atom is 0.174 e. The van der Waals surface area contributed by atoms with Gasteiger partial charge in [0.25, 0.3) is 0 Å². The first-order valence-corrected chi connectivity index (χ1v) is 8.25. The predicted molar refractivity (Wildman–Crippen MR) is 86.5 cm³/mol. The summed E-state index contributed by atoms with van der Waals surface area (Å²) >= 11 is 3.15. The van der Waals surface area contributed by atoms with Crippen LogP contribution in [0.1, 0.15) is 37.7 Å². The van der Waals surface area contributed by atoms with Gasteiger partial charge in [-0.2, -0.15) is 4.37 Å². The largest absolute Gasteiger partial charge is 0.308 e. The zero-order chi connectivity index (χ0) is 14.8. The fourth-order valence-corrected chi connectivity index (χ4v) is 3.39. The van der Waals surface area contributed by atoms with Gasteiger partial charge in [0.1, 0.15) is 5.82 Å². The van der Waals surface area contributed by atoms with Crippen molar-refractivity contribution in [2.75, 3.05) is 0 Å². The minimum atomic E-state index is 0.144. The lowest BCUT2D eigenvalue weighted by Gasteiger charge is -2.20. The molecule has 0 spiro atoms. The van der Waals surface area contributed by atoms with Crippen molar-refractivity contribution in [2.45, 2.75) is 55.9 Å². The highest BCUT2D eigenvalue weighted by Gasteiger charge is 2.10. The van der Waals surface area contributed by atoms with E-state index in [4.69, 9.17) is 0 Å². The Morgan fingerprint density at radius 1 is 1.25 bits per heavy atom. The molecule has 5 heteroatoms. The molecule has 0 saturated heterocycles. The van der Waals surface area contributed by atoms with Gasteiger partial charge in [0, 0.05) is 17.0 Å². The van der Waals surface area contributed by atoms with Crippen molar-refractivity contribution < 1.29 is 0 Å². The van der Waals surface area contributed by atoms with Gasteiger partial charge in [-0.1, -0.05) is 23.9 Å². The number of nitrogens with one attached hydrogen (secondary N) is 1. The van der Waals surface area contributed by atoms with Gasteiger partial charge in [-0.15, -0.1) is 0 Å². The quantitative estimate of drug-likeness (QED) is 0.919. The molecule has 0 aliphatic heterocycles. The number of hydrogen-bond donors (Lipinski definition) is 1. The molecule has 1 aromatic heterocycles. The summed E-state index contributed by atoms with van der Waals surface area (Å²) in [5, 5.41) is 3.51. The zero-order valence-corrected chi connectivity index (χ0v) is 14.3. The SMILES string of the molecule is Cc1nsc(Sc2ccc(CNC(C)(C)C)cc2C)n1. The van der Waals surface area contributed by atoms with Crippen LogP contribution >= 0.6 is 23.3 Å². The highest BCUT2D eigenvalue weighted by molar-refractivity contribution is 8.01. The van der Waals surface area contributed by atoms with Crippen LogP contribution in [0, 0.1) is 13.8 Å². The van der Waals surface area contributed by atoms with E-state index in [9.17, 15) is 0 Å². The van der Waals surface area contributed by atoms with Crippen molar-refractivity contribution in [1.82, 2.24) is 14.7 Å². The molecule has 0 fully saturated rings. The van der Waals surface area contributed by atoms with E-state index < -0.39 is 0 Å². The molecule has 3 nitrogen and oxygen atoms in total. The summed E-state index contributed by atoms with van der Waals surface area (Å²) in [6.07, 6.45) is 0. The van der Waals surface area contributed by atoms with Gasteiger partial charge >= 0.3 is 0 Å². The van der Waals surface area contributed by atoms with Crippen LogP contribution in [-0.2, 0) is 6.54 Å². The molecular weight excluding hydrogens is 286 g/mol.